The highest BCUT2D eigenvalue weighted by molar-refractivity contribution is 5.96. The zero-order chi connectivity index (χ0) is 25.7. The SMILES string of the molecule is CNC(=O)N1CCOc2ncc(Nc3ncc4c(n3)C(C)(C)Oc3cc(N5CCCC5=O)ccc3-4)cc21. The molecule has 11 heteroatoms. The summed E-state index contributed by atoms with van der Waals surface area (Å²) in [6.07, 6.45) is 4.84. The van der Waals surface area contributed by atoms with Crippen LogP contribution in [0.4, 0.5) is 27.8 Å². The summed E-state index contributed by atoms with van der Waals surface area (Å²) in [7, 11) is 1.59. The number of nitrogens with one attached hydrogen (secondary N) is 2. The van der Waals surface area contributed by atoms with Crippen molar-refractivity contribution in [3.05, 3.63) is 42.4 Å². The van der Waals surface area contributed by atoms with Crippen molar-refractivity contribution >= 4 is 34.9 Å². The first-order chi connectivity index (χ1) is 17.8. The number of carbonyl (C=O) groups excluding carboxylic acids is 2. The summed E-state index contributed by atoms with van der Waals surface area (Å²) in [6.45, 7) is 5.43. The van der Waals surface area contributed by atoms with Crippen LogP contribution in [-0.2, 0) is 10.4 Å². The van der Waals surface area contributed by atoms with Gasteiger partial charge in [-0.2, -0.15) is 0 Å². The van der Waals surface area contributed by atoms with E-state index in [1.54, 1.807) is 35.3 Å². The van der Waals surface area contributed by atoms with Crippen LogP contribution in [-0.4, -0.2) is 53.6 Å². The number of anilines is 4. The van der Waals surface area contributed by atoms with Gasteiger partial charge in [-0.3, -0.25) is 9.69 Å². The third-order valence-electron chi connectivity index (χ3n) is 6.76. The highest BCUT2D eigenvalue weighted by Crippen LogP contribution is 2.46. The Morgan fingerprint density at radius 1 is 1.11 bits per heavy atom. The van der Waals surface area contributed by atoms with E-state index < -0.39 is 5.60 Å². The van der Waals surface area contributed by atoms with E-state index in [9.17, 15) is 9.59 Å². The van der Waals surface area contributed by atoms with Gasteiger partial charge in [-0.15, -0.1) is 0 Å². The molecule has 5 heterocycles. The van der Waals surface area contributed by atoms with Gasteiger partial charge in [0, 0.05) is 49.1 Å². The largest absolute Gasteiger partial charge is 0.481 e. The highest BCUT2D eigenvalue weighted by Gasteiger charge is 2.36. The monoisotopic (exact) mass is 501 g/mol. The molecule has 0 saturated carbocycles. The fourth-order valence-electron chi connectivity index (χ4n) is 4.97. The Morgan fingerprint density at radius 2 is 1.97 bits per heavy atom. The molecule has 3 aromatic rings. The summed E-state index contributed by atoms with van der Waals surface area (Å²) < 4.78 is 12.0. The summed E-state index contributed by atoms with van der Waals surface area (Å²) in [5, 5.41) is 5.84. The van der Waals surface area contributed by atoms with Gasteiger partial charge < -0.3 is 25.0 Å². The lowest BCUT2D eigenvalue weighted by Gasteiger charge is -2.34. The number of hydrogen-bond donors (Lipinski definition) is 2. The first-order valence-corrected chi connectivity index (χ1v) is 12.2. The molecule has 1 aromatic carbocycles. The Balaban J connectivity index is 1.31. The van der Waals surface area contributed by atoms with Crippen molar-refractivity contribution in [1.29, 1.82) is 0 Å². The number of aromatic nitrogens is 3. The van der Waals surface area contributed by atoms with E-state index in [-0.39, 0.29) is 11.9 Å². The summed E-state index contributed by atoms with van der Waals surface area (Å²) in [4.78, 5) is 41.6. The number of nitrogens with zero attached hydrogens (tertiary/aromatic N) is 5. The molecular weight excluding hydrogens is 474 g/mol. The van der Waals surface area contributed by atoms with Crippen LogP contribution in [0.2, 0.25) is 0 Å². The molecule has 3 aliphatic heterocycles. The zero-order valence-electron chi connectivity index (χ0n) is 20.9. The smallest absolute Gasteiger partial charge is 0.321 e. The predicted octanol–water partition coefficient (Wildman–Crippen LogP) is 3.57. The summed E-state index contributed by atoms with van der Waals surface area (Å²) in [5.41, 5.74) is 3.79. The molecule has 1 saturated heterocycles. The fraction of sp³-hybridized carbons (Fsp3) is 0.346. The van der Waals surface area contributed by atoms with Crippen LogP contribution in [0.1, 0.15) is 32.4 Å². The van der Waals surface area contributed by atoms with Crippen LogP contribution in [0.25, 0.3) is 11.1 Å². The second-order valence-corrected chi connectivity index (χ2v) is 9.63. The molecule has 11 nitrogen and oxygen atoms in total. The van der Waals surface area contributed by atoms with Crippen molar-refractivity contribution in [2.24, 2.45) is 0 Å². The van der Waals surface area contributed by atoms with E-state index in [1.165, 1.54) is 0 Å². The van der Waals surface area contributed by atoms with Gasteiger partial charge in [0.2, 0.25) is 17.7 Å². The average molecular weight is 502 g/mol. The van der Waals surface area contributed by atoms with Crippen molar-refractivity contribution in [2.75, 3.05) is 41.9 Å². The number of fused-ring (bicyclic) bond motifs is 4. The minimum atomic E-state index is -0.729. The normalized spacial score (nSPS) is 17.2. The van der Waals surface area contributed by atoms with Crippen molar-refractivity contribution in [3.8, 4) is 22.8 Å². The van der Waals surface area contributed by atoms with E-state index >= 15 is 0 Å². The lowest BCUT2D eigenvalue weighted by molar-refractivity contribution is -0.117. The number of urea groups is 1. The molecule has 2 N–H and O–H groups in total. The van der Waals surface area contributed by atoms with Crippen LogP contribution in [0.3, 0.4) is 0 Å². The van der Waals surface area contributed by atoms with Gasteiger partial charge in [0.15, 0.2) is 0 Å². The molecule has 3 aliphatic rings. The minimum Gasteiger partial charge on any atom is -0.481 e. The third-order valence-corrected chi connectivity index (χ3v) is 6.76. The average Bonchev–Trinajstić information content (AvgIpc) is 3.33. The maximum Gasteiger partial charge on any atom is 0.321 e. The van der Waals surface area contributed by atoms with Gasteiger partial charge >= 0.3 is 6.03 Å². The number of benzene rings is 1. The van der Waals surface area contributed by atoms with Crippen molar-refractivity contribution in [2.45, 2.75) is 32.3 Å². The lowest BCUT2D eigenvalue weighted by Crippen LogP contribution is -2.43. The van der Waals surface area contributed by atoms with E-state index in [0.717, 1.165) is 35.5 Å². The first kappa shape index (κ1) is 23.0. The van der Waals surface area contributed by atoms with Crippen LogP contribution < -0.4 is 29.9 Å². The number of carbonyl (C=O) groups is 2. The summed E-state index contributed by atoms with van der Waals surface area (Å²) in [5.74, 6) is 1.61. The molecule has 6 rings (SSSR count). The van der Waals surface area contributed by atoms with E-state index in [2.05, 4.69) is 20.6 Å². The topological polar surface area (TPSA) is 122 Å². The standard InChI is InChI=1S/C26H27N7O4/c1-26(2)22-18(17-7-6-16(12-20(17)37-26)32-8-4-5-21(32)34)14-29-24(31-22)30-15-11-19-23(28-13-15)36-10-9-33(19)25(35)27-3/h6-7,11-14H,4-5,8-10H2,1-3H3,(H,27,35)(H,29,30,31). The van der Waals surface area contributed by atoms with Gasteiger partial charge in [0.25, 0.3) is 0 Å². The Morgan fingerprint density at radius 3 is 2.76 bits per heavy atom. The van der Waals surface area contributed by atoms with Crippen molar-refractivity contribution in [1.82, 2.24) is 20.3 Å². The molecule has 0 radical (unpaired) electrons. The number of ether oxygens (including phenoxy) is 2. The molecule has 1 fully saturated rings. The molecule has 0 aliphatic carbocycles. The van der Waals surface area contributed by atoms with Crippen molar-refractivity contribution < 1.29 is 19.1 Å². The van der Waals surface area contributed by atoms with Gasteiger partial charge in [-0.05, 0) is 38.5 Å². The van der Waals surface area contributed by atoms with Gasteiger partial charge in [0.1, 0.15) is 23.6 Å². The second kappa shape index (κ2) is 8.61. The zero-order valence-corrected chi connectivity index (χ0v) is 20.9. The molecule has 190 valence electrons. The molecule has 0 atom stereocenters. The molecule has 2 aromatic heterocycles. The first-order valence-electron chi connectivity index (χ1n) is 12.2. The molecule has 0 spiro atoms. The molecule has 3 amide bonds. The third kappa shape index (κ3) is 3.96. The Hall–Kier alpha value is -4.41. The molecule has 0 unspecified atom stereocenters. The predicted molar refractivity (Wildman–Crippen MR) is 138 cm³/mol. The molecular formula is C26H27N7O4. The Labute approximate surface area is 213 Å². The highest BCUT2D eigenvalue weighted by atomic mass is 16.5. The van der Waals surface area contributed by atoms with Gasteiger partial charge in [0.05, 0.1) is 24.1 Å². The number of hydrogen-bond acceptors (Lipinski definition) is 8. The van der Waals surface area contributed by atoms with Crippen LogP contribution in [0.5, 0.6) is 11.6 Å². The van der Waals surface area contributed by atoms with Gasteiger partial charge in [-0.25, -0.2) is 19.7 Å². The van der Waals surface area contributed by atoms with E-state index in [4.69, 9.17) is 14.5 Å². The fourth-order valence-corrected chi connectivity index (χ4v) is 4.97. The Bertz CT molecular complexity index is 1420. The Kier molecular flexibility index (Phi) is 5.36. The van der Waals surface area contributed by atoms with Crippen LogP contribution >= 0.6 is 0 Å². The maximum atomic E-state index is 12.3. The molecule has 37 heavy (non-hydrogen) atoms. The van der Waals surface area contributed by atoms with E-state index in [0.29, 0.717) is 48.5 Å². The number of amides is 3. The maximum absolute atomic E-state index is 12.3. The number of rotatable bonds is 3. The van der Waals surface area contributed by atoms with E-state index in [1.807, 2.05) is 32.0 Å². The van der Waals surface area contributed by atoms with Crippen LogP contribution in [0, 0.1) is 0 Å². The molecule has 0 bridgehead atoms. The summed E-state index contributed by atoms with van der Waals surface area (Å²) in [6, 6.07) is 7.38. The second-order valence-electron chi connectivity index (χ2n) is 9.63. The minimum absolute atomic E-state index is 0.135. The van der Waals surface area contributed by atoms with Crippen LogP contribution in [0.15, 0.2) is 36.7 Å². The summed E-state index contributed by atoms with van der Waals surface area (Å²) >= 11 is 0. The number of pyridine rings is 1. The van der Waals surface area contributed by atoms with Crippen molar-refractivity contribution in [3.63, 3.8) is 0 Å². The quantitative estimate of drug-likeness (QED) is 0.559. The lowest BCUT2D eigenvalue weighted by atomic mass is 9.91. The van der Waals surface area contributed by atoms with Gasteiger partial charge in [-0.1, -0.05) is 0 Å².